The molecule has 0 radical (unpaired) electrons. The van der Waals surface area contributed by atoms with E-state index in [1.807, 2.05) is 30.5 Å². The Kier molecular flexibility index (Phi) is 5.30. The van der Waals surface area contributed by atoms with Crippen molar-refractivity contribution in [3.8, 4) is 0 Å². The van der Waals surface area contributed by atoms with Crippen LogP contribution in [0.2, 0.25) is 0 Å². The van der Waals surface area contributed by atoms with E-state index in [1.54, 1.807) is 5.56 Å². The van der Waals surface area contributed by atoms with Crippen LogP contribution in [0.4, 0.5) is 10.5 Å². The Balaban J connectivity index is 1.61. The molecule has 1 fully saturated rings. The molecule has 148 valence electrons. The number of carbonyl (C=O) groups is 1. The predicted molar refractivity (Wildman–Crippen MR) is 113 cm³/mol. The molecule has 4 atom stereocenters. The van der Waals surface area contributed by atoms with Crippen molar-refractivity contribution in [2.24, 2.45) is 0 Å². The van der Waals surface area contributed by atoms with E-state index in [0.29, 0.717) is 17.9 Å². The highest BCUT2D eigenvalue weighted by atomic mass is 32.2. The van der Waals surface area contributed by atoms with Gasteiger partial charge in [0.05, 0.1) is 0 Å². The first kappa shape index (κ1) is 18.9. The van der Waals surface area contributed by atoms with Crippen molar-refractivity contribution in [1.82, 2.24) is 15.1 Å². The molecule has 1 aromatic rings. The number of nitrogens with one attached hydrogen (secondary N) is 2. The molecule has 2 heterocycles. The number of hydrogen-bond acceptors (Lipinski definition) is 4. The van der Waals surface area contributed by atoms with Gasteiger partial charge in [0.2, 0.25) is 0 Å². The van der Waals surface area contributed by atoms with E-state index in [9.17, 15) is 4.79 Å². The molecular formula is C21H32N4OS. The molecule has 6 heteroatoms. The molecule has 1 unspecified atom stereocenters. The standard InChI is InChI=1S/C21H32N4OS/c1-5-25(6-2)21(26)23-14-8-16-17-9-15(27-4)10-18-20(17)13(11-22-18)7-19(16)24(3)12-14/h9-10,13-14,16,19,22H,5-8,11-12H2,1-4H3,(H,23,26)/t13?,14-,16+,19+/m0/s1. The summed E-state index contributed by atoms with van der Waals surface area (Å²) in [6, 6.07) is 5.60. The van der Waals surface area contributed by atoms with Gasteiger partial charge in [0.1, 0.15) is 0 Å². The minimum Gasteiger partial charge on any atom is -0.384 e. The molecule has 5 nitrogen and oxygen atoms in total. The van der Waals surface area contributed by atoms with Crippen LogP contribution < -0.4 is 10.6 Å². The summed E-state index contributed by atoms with van der Waals surface area (Å²) < 4.78 is 0. The van der Waals surface area contributed by atoms with Crippen LogP contribution >= 0.6 is 11.8 Å². The summed E-state index contributed by atoms with van der Waals surface area (Å²) in [5.41, 5.74) is 4.42. The zero-order chi connectivity index (χ0) is 19.1. The molecule has 0 bridgehead atoms. The van der Waals surface area contributed by atoms with E-state index in [4.69, 9.17) is 0 Å². The third kappa shape index (κ3) is 3.31. The van der Waals surface area contributed by atoms with Crippen LogP contribution in [-0.2, 0) is 0 Å². The first-order valence-electron chi connectivity index (χ1n) is 10.3. The van der Waals surface area contributed by atoms with Crippen LogP contribution in [0, 0.1) is 0 Å². The van der Waals surface area contributed by atoms with E-state index in [-0.39, 0.29) is 12.1 Å². The van der Waals surface area contributed by atoms with Gasteiger partial charge in [-0.3, -0.25) is 0 Å². The van der Waals surface area contributed by atoms with Crippen molar-refractivity contribution < 1.29 is 4.79 Å². The smallest absolute Gasteiger partial charge is 0.317 e. The summed E-state index contributed by atoms with van der Waals surface area (Å²) in [6.07, 6.45) is 4.42. The van der Waals surface area contributed by atoms with Crippen molar-refractivity contribution in [2.45, 2.75) is 55.5 Å². The van der Waals surface area contributed by atoms with E-state index in [2.05, 4.69) is 41.0 Å². The molecule has 0 saturated carbocycles. The number of likely N-dealkylation sites (N-methyl/N-ethyl adjacent to an activating group) is 1. The Morgan fingerprint density at radius 1 is 1.33 bits per heavy atom. The number of benzene rings is 1. The average Bonchev–Trinajstić information content (AvgIpc) is 3.07. The van der Waals surface area contributed by atoms with E-state index >= 15 is 0 Å². The number of urea groups is 1. The third-order valence-corrected chi connectivity index (χ3v) is 7.46. The Morgan fingerprint density at radius 2 is 2.11 bits per heavy atom. The maximum Gasteiger partial charge on any atom is 0.317 e. The number of hydrogen-bond donors (Lipinski definition) is 2. The van der Waals surface area contributed by atoms with Crippen LogP contribution in [0.5, 0.6) is 0 Å². The summed E-state index contributed by atoms with van der Waals surface area (Å²) in [6.45, 7) is 7.61. The highest BCUT2D eigenvalue weighted by Gasteiger charge is 2.44. The number of rotatable bonds is 4. The molecule has 4 rings (SSSR count). The van der Waals surface area contributed by atoms with Gasteiger partial charge in [-0.1, -0.05) is 0 Å². The lowest BCUT2D eigenvalue weighted by Crippen LogP contribution is -2.56. The second-order valence-electron chi connectivity index (χ2n) is 8.16. The molecule has 1 aliphatic carbocycles. The van der Waals surface area contributed by atoms with Crippen molar-refractivity contribution in [3.63, 3.8) is 0 Å². The van der Waals surface area contributed by atoms with Gasteiger partial charge >= 0.3 is 6.03 Å². The molecular weight excluding hydrogens is 356 g/mol. The Hall–Kier alpha value is -1.40. The number of likely N-dealkylation sites (tertiary alicyclic amines) is 1. The summed E-state index contributed by atoms with van der Waals surface area (Å²) in [7, 11) is 2.24. The van der Waals surface area contributed by atoms with Gasteiger partial charge in [0.15, 0.2) is 0 Å². The van der Waals surface area contributed by atoms with Crippen molar-refractivity contribution in [1.29, 1.82) is 0 Å². The molecule has 3 aliphatic rings. The minimum atomic E-state index is 0.0790. The van der Waals surface area contributed by atoms with Gasteiger partial charge in [0.25, 0.3) is 0 Å². The van der Waals surface area contributed by atoms with Gasteiger partial charge in [-0.05, 0) is 63.3 Å². The SMILES string of the molecule is CCN(CC)C(=O)N[C@H]1C[C@@H]2c3cc(SC)cc4c3C(CN4)C[C@H]2N(C)C1. The van der Waals surface area contributed by atoms with Crippen LogP contribution in [0.1, 0.15) is 49.7 Å². The molecule has 0 spiro atoms. The number of thioether (sulfide) groups is 1. The maximum atomic E-state index is 12.6. The van der Waals surface area contributed by atoms with E-state index in [1.165, 1.54) is 22.6 Å². The second kappa shape index (κ2) is 7.55. The fourth-order valence-corrected chi connectivity index (χ4v) is 5.87. The van der Waals surface area contributed by atoms with Crippen LogP contribution in [-0.4, -0.2) is 67.4 Å². The first-order valence-corrected chi connectivity index (χ1v) is 11.5. The lowest BCUT2D eigenvalue weighted by atomic mass is 9.70. The minimum absolute atomic E-state index is 0.0790. The molecule has 0 aromatic heterocycles. The van der Waals surface area contributed by atoms with Gasteiger partial charge in [-0.2, -0.15) is 0 Å². The molecule has 1 saturated heterocycles. The van der Waals surface area contributed by atoms with E-state index in [0.717, 1.165) is 32.6 Å². The number of piperidine rings is 1. The first-order chi connectivity index (χ1) is 13.0. The van der Waals surface area contributed by atoms with Crippen molar-refractivity contribution >= 4 is 23.5 Å². The maximum absolute atomic E-state index is 12.6. The number of nitrogens with zero attached hydrogens (tertiary/aromatic N) is 2. The van der Waals surface area contributed by atoms with Crippen molar-refractivity contribution in [3.05, 3.63) is 23.3 Å². The Bertz CT molecular complexity index is 720. The van der Waals surface area contributed by atoms with Crippen LogP contribution in [0.15, 0.2) is 17.0 Å². The normalized spacial score (nSPS) is 28.9. The molecule has 2 amide bonds. The average molecular weight is 389 g/mol. The Labute approximate surface area is 167 Å². The molecule has 2 N–H and O–H groups in total. The van der Waals surface area contributed by atoms with Crippen LogP contribution in [0.25, 0.3) is 0 Å². The Morgan fingerprint density at radius 3 is 2.81 bits per heavy atom. The monoisotopic (exact) mass is 388 g/mol. The fraction of sp³-hybridized carbons (Fsp3) is 0.667. The molecule has 2 aliphatic heterocycles. The van der Waals surface area contributed by atoms with Gasteiger partial charge < -0.3 is 20.4 Å². The zero-order valence-electron chi connectivity index (χ0n) is 16.9. The zero-order valence-corrected chi connectivity index (χ0v) is 17.7. The lowest BCUT2D eigenvalue weighted by molar-refractivity contribution is 0.108. The highest BCUT2D eigenvalue weighted by Crippen LogP contribution is 2.51. The van der Waals surface area contributed by atoms with Crippen molar-refractivity contribution in [2.75, 3.05) is 44.8 Å². The summed E-state index contributed by atoms with van der Waals surface area (Å²) >= 11 is 1.82. The fourth-order valence-electron chi connectivity index (χ4n) is 5.39. The van der Waals surface area contributed by atoms with Gasteiger partial charge in [-0.15, -0.1) is 11.8 Å². The third-order valence-electron chi connectivity index (χ3n) is 6.75. The largest absolute Gasteiger partial charge is 0.384 e. The van der Waals surface area contributed by atoms with Gasteiger partial charge in [-0.25, -0.2) is 4.79 Å². The number of anilines is 1. The van der Waals surface area contributed by atoms with Gasteiger partial charge in [0, 0.05) is 60.7 Å². The second-order valence-corrected chi connectivity index (χ2v) is 9.04. The predicted octanol–water partition coefficient (Wildman–Crippen LogP) is 3.53. The number of fused-ring (bicyclic) bond motifs is 2. The quantitative estimate of drug-likeness (QED) is 0.775. The molecule has 27 heavy (non-hydrogen) atoms. The van der Waals surface area contributed by atoms with Crippen LogP contribution in [0.3, 0.4) is 0 Å². The molecule has 1 aromatic carbocycles. The van der Waals surface area contributed by atoms with E-state index < -0.39 is 0 Å². The highest BCUT2D eigenvalue weighted by molar-refractivity contribution is 7.98. The topological polar surface area (TPSA) is 47.6 Å². The summed E-state index contributed by atoms with van der Waals surface area (Å²) in [4.78, 5) is 18.3. The lowest BCUT2D eigenvalue weighted by Gasteiger charge is -2.48. The number of amides is 2. The number of carbonyl (C=O) groups excluding carboxylic acids is 1. The summed E-state index contributed by atoms with van der Waals surface area (Å²) in [5.74, 6) is 1.14. The summed E-state index contributed by atoms with van der Waals surface area (Å²) in [5, 5.41) is 6.96.